The SMILES string of the molecule is CCCCC/C=C\C/C=C\C/C=C\C/C=C\CCCCCCCCCCCCC(O)C(=O)NC(COC1OC(CO)C(O)C(O)C1OC(=O)CCCCCCCCCCC/C=C\C/C=C\CCCCC)C(O)/C=C/CCCCCCCCCCCC. The number of unbranched alkanes of at least 4 members (excludes halogenated alkanes) is 35. The number of allylic oxidation sites excluding steroid dienone is 13. The van der Waals surface area contributed by atoms with Gasteiger partial charge >= 0.3 is 5.97 Å². The molecule has 1 aliphatic rings. The summed E-state index contributed by atoms with van der Waals surface area (Å²) in [6.45, 7) is 5.76. The molecule has 0 aromatic heterocycles. The molecule has 0 aromatic rings. The highest BCUT2D eigenvalue weighted by atomic mass is 16.7. The number of amides is 1. The number of hydrogen-bond acceptors (Lipinski definition) is 10. The highest BCUT2D eigenvalue weighted by molar-refractivity contribution is 5.80. The molecule has 6 N–H and O–H groups in total. The largest absolute Gasteiger partial charge is 0.454 e. The van der Waals surface area contributed by atoms with Crippen molar-refractivity contribution in [2.45, 2.75) is 365 Å². The van der Waals surface area contributed by atoms with Crippen LogP contribution in [0.1, 0.15) is 316 Å². The second-order valence-electron chi connectivity index (χ2n) is 24.6. The molecule has 1 aliphatic heterocycles. The first-order chi connectivity index (χ1) is 42.2. The predicted molar refractivity (Wildman–Crippen MR) is 361 cm³/mol. The molecule has 498 valence electrons. The first-order valence-electron chi connectivity index (χ1n) is 35.9. The molecule has 0 saturated carbocycles. The van der Waals surface area contributed by atoms with Gasteiger partial charge in [-0.25, -0.2) is 0 Å². The van der Waals surface area contributed by atoms with Crippen LogP contribution >= 0.6 is 0 Å². The lowest BCUT2D eigenvalue weighted by atomic mass is 9.99. The van der Waals surface area contributed by atoms with Crippen LogP contribution < -0.4 is 5.32 Å². The minimum atomic E-state index is -1.62. The third kappa shape index (κ3) is 48.7. The van der Waals surface area contributed by atoms with Crippen LogP contribution in [0.15, 0.2) is 85.1 Å². The van der Waals surface area contributed by atoms with E-state index in [1.807, 2.05) is 6.08 Å². The summed E-state index contributed by atoms with van der Waals surface area (Å²) in [4.78, 5) is 26.7. The lowest BCUT2D eigenvalue weighted by molar-refractivity contribution is -0.305. The Bertz CT molecular complexity index is 1720. The van der Waals surface area contributed by atoms with Crippen LogP contribution in [-0.4, -0.2) is 99.6 Å². The van der Waals surface area contributed by atoms with Crippen LogP contribution in [0, 0.1) is 0 Å². The molecule has 1 fully saturated rings. The number of aliphatic hydroxyl groups is 5. The molecular weight excluding hydrogens is 1070 g/mol. The molecule has 1 heterocycles. The molecule has 0 bridgehead atoms. The van der Waals surface area contributed by atoms with Gasteiger partial charge in [-0.3, -0.25) is 9.59 Å². The van der Waals surface area contributed by atoms with Crippen molar-refractivity contribution in [1.29, 1.82) is 0 Å². The zero-order chi connectivity index (χ0) is 62.4. The van der Waals surface area contributed by atoms with Crippen molar-refractivity contribution in [3.8, 4) is 0 Å². The third-order valence-electron chi connectivity index (χ3n) is 16.5. The Hall–Kier alpha value is -3.16. The Labute approximate surface area is 527 Å². The minimum Gasteiger partial charge on any atom is -0.454 e. The zero-order valence-corrected chi connectivity index (χ0v) is 55.4. The number of esters is 1. The Morgan fingerprint density at radius 3 is 1.22 bits per heavy atom. The number of aliphatic hydroxyl groups excluding tert-OH is 5. The Morgan fingerprint density at radius 1 is 0.453 bits per heavy atom. The van der Waals surface area contributed by atoms with Crippen LogP contribution in [0.25, 0.3) is 0 Å². The molecule has 1 saturated heterocycles. The molecule has 11 heteroatoms. The van der Waals surface area contributed by atoms with Gasteiger partial charge in [0.25, 0.3) is 0 Å². The van der Waals surface area contributed by atoms with Gasteiger partial charge in [0.2, 0.25) is 5.91 Å². The van der Waals surface area contributed by atoms with Gasteiger partial charge in [0.05, 0.1) is 25.4 Å². The van der Waals surface area contributed by atoms with Gasteiger partial charge in [-0.1, -0.05) is 292 Å². The number of carbonyl (C=O) groups is 2. The number of rotatable bonds is 61. The monoisotopic (exact) mass is 1210 g/mol. The highest BCUT2D eigenvalue weighted by Crippen LogP contribution is 2.26. The summed E-state index contributed by atoms with van der Waals surface area (Å²) in [5.41, 5.74) is 0. The average molecular weight is 1210 g/mol. The van der Waals surface area contributed by atoms with Gasteiger partial charge < -0.3 is 45.1 Å². The molecule has 0 aliphatic carbocycles. The lowest BCUT2D eigenvalue weighted by Crippen LogP contribution is -2.61. The molecule has 0 radical (unpaired) electrons. The van der Waals surface area contributed by atoms with Crippen molar-refractivity contribution in [2.24, 2.45) is 0 Å². The van der Waals surface area contributed by atoms with Gasteiger partial charge in [-0.05, 0) is 103 Å². The third-order valence-corrected chi connectivity index (χ3v) is 16.5. The molecule has 0 spiro atoms. The number of ether oxygens (including phenoxy) is 3. The Balaban J connectivity index is 2.57. The van der Waals surface area contributed by atoms with E-state index in [-0.39, 0.29) is 19.4 Å². The summed E-state index contributed by atoms with van der Waals surface area (Å²) < 4.78 is 17.7. The van der Waals surface area contributed by atoms with Crippen LogP contribution in [0.5, 0.6) is 0 Å². The summed E-state index contributed by atoms with van der Waals surface area (Å²) in [5.74, 6) is -1.20. The maximum Gasteiger partial charge on any atom is 0.306 e. The molecule has 8 atom stereocenters. The van der Waals surface area contributed by atoms with Crippen molar-refractivity contribution in [1.82, 2.24) is 5.32 Å². The van der Waals surface area contributed by atoms with E-state index in [1.165, 1.54) is 167 Å². The normalized spacial score (nSPS) is 18.8. The van der Waals surface area contributed by atoms with Crippen molar-refractivity contribution >= 4 is 11.9 Å². The van der Waals surface area contributed by atoms with Gasteiger partial charge in [-0.15, -0.1) is 0 Å². The van der Waals surface area contributed by atoms with Gasteiger partial charge in [0.1, 0.15) is 24.4 Å². The van der Waals surface area contributed by atoms with E-state index >= 15 is 0 Å². The summed E-state index contributed by atoms with van der Waals surface area (Å²) in [5, 5.41) is 57.2. The second-order valence-corrected chi connectivity index (χ2v) is 24.6. The van der Waals surface area contributed by atoms with E-state index < -0.39 is 67.4 Å². The fraction of sp³-hybridized carbons (Fsp3) is 0.787. The number of hydrogen-bond donors (Lipinski definition) is 6. The second kappa shape index (κ2) is 62.1. The van der Waals surface area contributed by atoms with E-state index in [9.17, 15) is 35.1 Å². The van der Waals surface area contributed by atoms with Crippen LogP contribution in [0.4, 0.5) is 0 Å². The molecular formula is C75H133NO10. The summed E-state index contributed by atoms with van der Waals surface area (Å²) >= 11 is 0. The minimum absolute atomic E-state index is 0.116. The standard InChI is InChI=1S/C75H133NO10/c1-4-7-10-13-16-19-22-25-27-29-31-32-33-34-35-36-37-39-40-42-44-47-50-53-56-59-62-68(79)74(83)76-66(67(78)61-58-55-52-49-46-24-21-18-15-12-9-6-3)65-84-75-73(72(82)71(81)69(64-77)85-75)86-70(80)63-60-57-54-51-48-45-43-41-38-30-28-26-23-20-17-14-11-8-5-2/h16-17,19-20,25-28,31-32,34-35,58,61,66-69,71-73,75,77-79,81-82H,4-15,18,21-24,29-30,33,36-57,59-60,62-65H2,1-3H3,(H,76,83)/b19-16-,20-17-,27-25-,28-26-,32-31-,35-34-,61-58+. The lowest BCUT2D eigenvalue weighted by Gasteiger charge is -2.41. The first kappa shape index (κ1) is 80.9. The van der Waals surface area contributed by atoms with Crippen molar-refractivity contribution < 1.29 is 49.3 Å². The maximum absolute atomic E-state index is 13.5. The highest BCUT2D eigenvalue weighted by Gasteiger charge is 2.47. The fourth-order valence-electron chi connectivity index (χ4n) is 10.8. The van der Waals surface area contributed by atoms with Crippen molar-refractivity contribution in [2.75, 3.05) is 13.2 Å². The number of nitrogens with one attached hydrogen (secondary N) is 1. The van der Waals surface area contributed by atoms with Gasteiger partial charge in [0.15, 0.2) is 12.4 Å². The summed E-state index contributed by atoms with van der Waals surface area (Å²) in [6, 6.07) is -1.03. The zero-order valence-electron chi connectivity index (χ0n) is 55.4. The van der Waals surface area contributed by atoms with Crippen LogP contribution in [0.3, 0.4) is 0 Å². The molecule has 86 heavy (non-hydrogen) atoms. The molecule has 11 nitrogen and oxygen atoms in total. The maximum atomic E-state index is 13.5. The van der Waals surface area contributed by atoms with Crippen molar-refractivity contribution in [3.05, 3.63) is 85.1 Å². The quantitative estimate of drug-likeness (QED) is 0.0195. The van der Waals surface area contributed by atoms with E-state index in [0.717, 1.165) is 103 Å². The van der Waals surface area contributed by atoms with Crippen LogP contribution in [0.2, 0.25) is 0 Å². The van der Waals surface area contributed by atoms with Gasteiger partial charge in [-0.2, -0.15) is 0 Å². The molecule has 1 rings (SSSR count). The topological polar surface area (TPSA) is 175 Å². The summed E-state index contributed by atoms with van der Waals surface area (Å²) in [6.07, 6.45) is 71.9. The predicted octanol–water partition coefficient (Wildman–Crippen LogP) is 18.5. The van der Waals surface area contributed by atoms with E-state index in [1.54, 1.807) is 6.08 Å². The molecule has 0 aromatic carbocycles. The van der Waals surface area contributed by atoms with E-state index in [0.29, 0.717) is 12.8 Å². The average Bonchev–Trinajstić information content (AvgIpc) is 3.68. The molecule has 8 unspecified atom stereocenters. The first-order valence-corrected chi connectivity index (χ1v) is 35.9. The molecule has 1 amide bonds. The van der Waals surface area contributed by atoms with Crippen LogP contribution in [-0.2, 0) is 23.8 Å². The Kier molecular flexibility index (Phi) is 58.3. The van der Waals surface area contributed by atoms with E-state index in [2.05, 4.69) is 99.0 Å². The Morgan fingerprint density at radius 2 is 0.802 bits per heavy atom. The fourth-order valence-corrected chi connectivity index (χ4v) is 10.8. The number of carbonyl (C=O) groups excluding carboxylic acids is 2. The van der Waals surface area contributed by atoms with Crippen molar-refractivity contribution in [3.63, 3.8) is 0 Å². The summed E-state index contributed by atoms with van der Waals surface area (Å²) in [7, 11) is 0. The smallest absolute Gasteiger partial charge is 0.306 e. The van der Waals surface area contributed by atoms with E-state index in [4.69, 9.17) is 14.2 Å². The van der Waals surface area contributed by atoms with Gasteiger partial charge in [0, 0.05) is 6.42 Å².